The zero-order chi connectivity index (χ0) is 8.57. The fourth-order valence-corrected chi connectivity index (χ4v) is 0. The monoisotopic (exact) mass is 246 g/mol. The minimum Gasteiger partial charge on any atom is -0.663 e. The Balaban J connectivity index is -0.000000107. The Kier molecular flexibility index (Phi) is 20.5. The summed E-state index contributed by atoms with van der Waals surface area (Å²) < 4.78 is 0. The third-order valence-corrected chi connectivity index (χ3v) is 0.371. The van der Waals surface area contributed by atoms with Gasteiger partial charge >= 0.3 is 19.5 Å². The predicted octanol–water partition coefficient (Wildman–Crippen LogP) is -0.751. The molecular weight excluding hydrogens is 242 g/mol. The molecule has 0 aromatic rings. The smallest absolute Gasteiger partial charge is 0.663 e. The number of thiocarbonyl (C=S) groups is 2. The summed E-state index contributed by atoms with van der Waals surface area (Å²) in [6.45, 7) is 2.84. The third-order valence-electron chi connectivity index (χ3n) is 0.235. The summed E-state index contributed by atoms with van der Waals surface area (Å²) in [5, 5.41) is 18.0. The molecule has 11 heavy (non-hydrogen) atoms. The van der Waals surface area contributed by atoms with Crippen LogP contribution in [0.25, 0.3) is 0 Å². The molecule has 0 N–H and O–H groups in total. The summed E-state index contributed by atoms with van der Waals surface area (Å²) in [5.41, 5.74) is 0. The first-order valence-corrected chi connectivity index (χ1v) is 2.97. The molecule has 0 rings (SSSR count). The summed E-state index contributed by atoms with van der Waals surface area (Å²) in [6, 6.07) is 0. The minimum atomic E-state index is 0. The Labute approximate surface area is 88.1 Å². The van der Waals surface area contributed by atoms with Gasteiger partial charge in [-0.2, -0.15) is 0 Å². The normalized spacial score (nSPS) is 6.18. The van der Waals surface area contributed by atoms with Gasteiger partial charge in [0.15, 0.2) is 0 Å². The Bertz CT molecular complexity index is 105. The van der Waals surface area contributed by atoms with Crippen molar-refractivity contribution in [1.29, 1.82) is 0 Å². The van der Waals surface area contributed by atoms with Crippen molar-refractivity contribution in [1.82, 2.24) is 0 Å². The summed E-state index contributed by atoms with van der Waals surface area (Å²) in [6.07, 6.45) is 0. The van der Waals surface area contributed by atoms with Crippen molar-refractivity contribution in [2.45, 2.75) is 13.8 Å². The second-order valence-corrected chi connectivity index (χ2v) is 2.30. The van der Waals surface area contributed by atoms with Gasteiger partial charge in [-0.15, -0.1) is 0 Å². The van der Waals surface area contributed by atoms with Crippen molar-refractivity contribution in [2.75, 3.05) is 0 Å². The average Bonchev–Trinajstić information content (AvgIpc) is 1.89. The second-order valence-electron chi connectivity index (χ2n) is 1.15. The molecule has 0 spiro atoms. The van der Waals surface area contributed by atoms with Gasteiger partial charge in [-0.1, -0.05) is 0 Å². The van der Waals surface area contributed by atoms with E-state index in [2.05, 4.69) is 34.2 Å². The zero-order valence-electron chi connectivity index (χ0n) is 6.16. The molecule has 0 aliphatic rings. The van der Waals surface area contributed by atoms with Crippen molar-refractivity contribution >= 4 is 34.5 Å². The van der Waals surface area contributed by atoms with Crippen LogP contribution in [0.4, 0.5) is 0 Å². The second kappa shape index (κ2) is 13.0. The van der Waals surface area contributed by atoms with Gasteiger partial charge in [0, 0.05) is 13.8 Å². The van der Waals surface area contributed by atoms with Gasteiger partial charge in [-0.25, -0.2) is 0 Å². The third kappa shape index (κ3) is 38.3. The van der Waals surface area contributed by atoms with Gasteiger partial charge in [0.1, 0.15) is 10.1 Å². The average molecular weight is 248 g/mol. The Morgan fingerprint density at radius 2 is 1.09 bits per heavy atom. The first-order valence-electron chi connectivity index (χ1n) is 2.15. The molecule has 0 aliphatic heterocycles. The van der Waals surface area contributed by atoms with E-state index < -0.39 is 0 Å². The van der Waals surface area contributed by atoms with Crippen molar-refractivity contribution in [3.63, 3.8) is 0 Å². The molecule has 0 saturated heterocycles. The van der Waals surface area contributed by atoms with E-state index in [9.17, 15) is 0 Å². The quantitative estimate of drug-likeness (QED) is 0.243. The van der Waals surface area contributed by atoms with Crippen LogP contribution in [0, 0.1) is 0 Å². The Hall–Kier alpha value is 0.323. The summed E-state index contributed by atoms with van der Waals surface area (Å²) >= 11 is 8.32. The molecule has 0 fully saturated rings. The molecule has 0 heterocycles. The van der Waals surface area contributed by atoms with Crippen LogP contribution in [0.2, 0.25) is 0 Å². The fraction of sp³-hybridized carbons (Fsp3) is 0.500. The minimum absolute atomic E-state index is 0. The predicted molar refractivity (Wildman–Crippen MR) is 38.7 cm³/mol. The first-order chi connectivity index (χ1) is 4.54. The maximum atomic E-state index is 8.99. The van der Waals surface area contributed by atoms with Gasteiger partial charge in [0.25, 0.3) is 0 Å². The Morgan fingerprint density at radius 1 is 1.00 bits per heavy atom. The molecule has 0 radical (unpaired) electrons. The van der Waals surface area contributed by atoms with Crippen LogP contribution >= 0.6 is 24.4 Å². The molecule has 0 unspecified atom stereocenters. The maximum absolute atomic E-state index is 8.99. The van der Waals surface area contributed by atoms with Gasteiger partial charge < -0.3 is 20.3 Å². The molecule has 0 bridgehead atoms. The van der Waals surface area contributed by atoms with Gasteiger partial charge in [-0.3, -0.25) is 0 Å². The van der Waals surface area contributed by atoms with Gasteiger partial charge in [0.2, 0.25) is 0 Å². The number of hydrogen-bond donors (Lipinski definition) is 0. The standard InChI is InChI=1S/2C2H4O2S.Zn/c2*1-2(5)4-3;/h2*3H,1H3;/q;;+2/p-2. The maximum Gasteiger partial charge on any atom is 2.00 e. The molecule has 4 nitrogen and oxygen atoms in total. The van der Waals surface area contributed by atoms with Crippen molar-refractivity contribution in [2.24, 2.45) is 0 Å². The van der Waals surface area contributed by atoms with Crippen LogP contribution < -0.4 is 10.5 Å². The van der Waals surface area contributed by atoms with Gasteiger partial charge in [-0.05, 0) is 24.4 Å². The van der Waals surface area contributed by atoms with Crippen LogP contribution in [0.1, 0.15) is 13.8 Å². The molecule has 60 valence electrons. The van der Waals surface area contributed by atoms with Crippen LogP contribution in [0.5, 0.6) is 0 Å². The van der Waals surface area contributed by atoms with E-state index in [1.165, 1.54) is 13.8 Å². The van der Waals surface area contributed by atoms with Crippen LogP contribution in [-0.4, -0.2) is 10.1 Å². The summed E-state index contributed by atoms with van der Waals surface area (Å²) in [7, 11) is 0. The van der Waals surface area contributed by atoms with E-state index in [0.29, 0.717) is 0 Å². The van der Waals surface area contributed by atoms with Crippen LogP contribution in [0.3, 0.4) is 0 Å². The molecular formula is C4H6O4S2Zn. The zero-order valence-corrected chi connectivity index (χ0v) is 10.8. The molecule has 7 heteroatoms. The van der Waals surface area contributed by atoms with Crippen molar-refractivity contribution in [3.8, 4) is 0 Å². The van der Waals surface area contributed by atoms with E-state index in [-0.39, 0.29) is 29.6 Å². The number of rotatable bonds is 0. The summed E-state index contributed by atoms with van der Waals surface area (Å²) in [5.74, 6) is 0. The van der Waals surface area contributed by atoms with Crippen LogP contribution in [-0.2, 0) is 29.3 Å². The molecule has 0 amide bonds. The molecule has 0 atom stereocenters. The molecule has 0 aromatic heterocycles. The van der Waals surface area contributed by atoms with Crippen LogP contribution in [0.15, 0.2) is 0 Å². The van der Waals surface area contributed by atoms with Crippen molar-refractivity contribution < 1.29 is 39.8 Å². The van der Waals surface area contributed by atoms with E-state index in [4.69, 9.17) is 10.5 Å². The first kappa shape index (κ1) is 17.4. The molecule has 0 aromatic carbocycles. The van der Waals surface area contributed by atoms with E-state index in [1.807, 2.05) is 0 Å². The van der Waals surface area contributed by atoms with Gasteiger partial charge in [0.05, 0.1) is 0 Å². The number of hydrogen-bond acceptors (Lipinski definition) is 6. The Morgan fingerprint density at radius 3 is 1.09 bits per heavy atom. The fourth-order valence-electron chi connectivity index (χ4n) is 0. The van der Waals surface area contributed by atoms with E-state index in [0.717, 1.165) is 0 Å². The van der Waals surface area contributed by atoms with E-state index >= 15 is 0 Å². The van der Waals surface area contributed by atoms with E-state index in [1.54, 1.807) is 0 Å². The topological polar surface area (TPSA) is 64.6 Å². The summed E-state index contributed by atoms with van der Waals surface area (Å²) in [4.78, 5) is 6.46. The molecule has 0 aliphatic carbocycles. The SMILES string of the molecule is CC(=S)O[O-].CC(=S)O[O-].[Zn+2]. The van der Waals surface area contributed by atoms with Crippen molar-refractivity contribution in [3.05, 3.63) is 0 Å². The molecule has 0 saturated carbocycles. The largest absolute Gasteiger partial charge is 2.00 e.